The van der Waals surface area contributed by atoms with Gasteiger partial charge < -0.3 is 0 Å². The molecule has 0 spiro atoms. The number of benzene rings is 1. The predicted molar refractivity (Wildman–Crippen MR) is 69.3 cm³/mol. The SMILES string of the molecule is Cc1cccc(-n2ncc(Cl)c(Cl)c2=O)c1C. The molecule has 0 aliphatic heterocycles. The van der Waals surface area contributed by atoms with Crippen LogP contribution in [0.3, 0.4) is 0 Å². The van der Waals surface area contributed by atoms with Crippen LogP contribution in [0.4, 0.5) is 0 Å². The third-order valence-electron chi connectivity index (χ3n) is 2.68. The van der Waals surface area contributed by atoms with E-state index < -0.39 is 5.56 Å². The highest BCUT2D eigenvalue weighted by Gasteiger charge is 2.11. The van der Waals surface area contributed by atoms with E-state index in [1.807, 2.05) is 32.0 Å². The van der Waals surface area contributed by atoms with Crippen LogP contribution in [0.2, 0.25) is 10.0 Å². The number of hydrogen-bond acceptors (Lipinski definition) is 2. The summed E-state index contributed by atoms with van der Waals surface area (Å²) < 4.78 is 1.26. The van der Waals surface area contributed by atoms with Crippen molar-refractivity contribution in [1.82, 2.24) is 9.78 Å². The van der Waals surface area contributed by atoms with Gasteiger partial charge in [-0.25, -0.2) is 0 Å². The van der Waals surface area contributed by atoms with Gasteiger partial charge in [0.05, 0.1) is 16.9 Å². The highest BCUT2D eigenvalue weighted by atomic mass is 35.5. The quantitative estimate of drug-likeness (QED) is 0.797. The Morgan fingerprint density at radius 2 is 1.94 bits per heavy atom. The van der Waals surface area contributed by atoms with Gasteiger partial charge in [-0.3, -0.25) is 4.79 Å². The van der Waals surface area contributed by atoms with E-state index in [0.717, 1.165) is 11.1 Å². The number of aryl methyl sites for hydroxylation is 1. The van der Waals surface area contributed by atoms with E-state index in [1.165, 1.54) is 10.9 Å². The second kappa shape index (κ2) is 4.51. The smallest absolute Gasteiger partial charge is 0.266 e. The van der Waals surface area contributed by atoms with Gasteiger partial charge in [0.1, 0.15) is 5.02 Å². The first-order chi connectivity index (χ1) is 8.02. The van der Waals surface area contributed by atoms with Gasteiger partial charge in [0, 0.05) is 0 Å². The molecule has 3 nitrogen and oxygen atoms in total. The molecule has 0 saturated heterocycles. The Balaban J connectivity index is 2.74. The minimum absolute atomic E-state index is 0.0115. The van der Waals surface area contributed by atoms with Gasteiger partial charge in [0.15, 0.2) is 0 Å². The van der Waals surface area contributed by atoms with Crippen molar-refractivity contribution >= 4 is 23.2 Å². The zero-order chi connectivity index (χ0) is 12.6. The van der Waals surface area contributed by atoms with Crippen LogP contribution in [0, 0.1) is 13.8 Å². The van der Waals surface area contributed by atoms with Crippen LogP contribution in [0.15, 0.2) is 29.2 Å². The summed E-state index contributed by atoms with van der Waals surface area (Å²) in [7, 11) is 0. The summed E-state index contributed by atoms with van der Waals surface area (Å²) in [6.45, 7) is 3.91. The van der Waals surface area contributed by atoms with E-state index in [2.05, 4.69) is 5.10 Å². The molecule has 0 fully saturated rings. The minimum atomic E-state index is -0.409. The standard InChI is InChI=1S/C12H10Cl2N2O/c1-7-4-3-5-10(8(7)2)16-12(17)11(14)9(13)6-15-16/h3-6H,1-2H3. The van der Waals surface area contributed by atoms with E-state index in [0.29, 0.717) is 5.69 Å². The van der Waals surface area contributed by atoms with Gasteiger partial charge in [0.2, 0.25) is 0 Å². The van der Waals surface area contributed by atoms with Crippen LogP contribution in [0.25, 0.3) is 5.69 Å². The summed E-state index contributed by atoms with van der Waals surface area (Å²) in [5.74, 6) is 0. The first kappa shape index (κ1) is 12.1. The number of halogens is 2. The van der Waals surface area contributed by atoms with E-state index >= 15 is 0 Å². The highest BCUT2D eigenvalue weighted by molar-refractivity contribution is 6.41. The van der Waals surface area contributed by atoms with Crippen molar-refractivity contribution in [3.63, 3.8) is 0 Å². The van der Waals surface area contributed by atoms with Gasteiger partial charge in [-0.15, -0.1) is 0 Å². The molecule has 2 aromatic rings. The van der Waals surface area contributed by atoms with Gasteiger partial charge >= 0.3 is 0 Å². The molecule has 88 valence electrons. The molecule has 0 saturated carbocycles. The lowest BCUT2D eigenvalue weighted by molar-refractivity contribution is 0.800. The van der Waals surface area contributed by atoms with E-state index in [9.17, 15) is 4.79 Å². The zero-order valence-electron chi connectivity index (χ0n) is 9.37. The Kier molecular flexibility index (Phi) is 3.22. The molecule has 1 aromatic heterocycles. The second-order valence-electron chi connectivity index (χ2n) is 3.74. The van der Waals surface area contributed by atoms with Crippen molar-refractivity contribution in [3.8, 4) is 5.69 Å². The van der Waals surface area contributed by atoms with Crippen molar-refractivity contribution in [3.05, 3.63) is 55.9 Å². The van der Waals surface area contributed by atoms with Crippen LogP contribution in [-0.4, -0.2) is 9.78 Å². The summed E-state index contributed by atoms with van der Waals surface area (Å²) in [6.07, 6.45) is 1.37. The van der Waals surface area contributed by atoms with Crippen LogP contribution >= 0.6 is 23.2 Å². The van der Waals surface area contributed by atoms with E-state index in [1.54, 1.807) is 0 Å². The van der Waals surface area contributed by atoms with Gasteiger partial charge in [-0.1, -0.05) is 35.3 Å². The lowest BCUT2D eigenvalue weighted by Gasteiger charge is -2.10. The zero-order valence-corrected chi connectivity index (χ0v) is 10.9. The Hall–Kier alpha value is -1.32. The summed E-state index contributed by atoms with van der Waals surface area (Å²) >= 11 is 11.6. The molecule has 0 unspecified atom stereocenters. The van der Waals surface area contributed by atoms with Gasteiger partial charge in [0.25, 0.3) is 5.56 Å². The first-order valence-corrected chi connectivity index (χ1v) is 5.78. The summed E-state index contributed by atoms with van der Waals surface area (Å²) in [5.41, 5.74) is 2.38. The van der Waals surface area contributed by atoms with E-state index in [4.69, 9.17) is 23.2 Å². The van der Waals surface area contributed by atoms with Crippen molar-refractivity contribution in [1.29, 1.82) is 0 Å². The molecule has 17 heavy (non-hydrogen) atoms. The normalized spacial score (nSPS) is 10.6. The predicted octanol–water partition coefficient (Wildman–Crippen LogP) is 3.16. The first-order valence-electron chi connectivity index (χ1n) is 5.02. The molecule has 1 heterocycles. The molecule has 0 aliphatic carbocycles. The van der Waals surface area contributed by atoms with E-state index in [-0.39, 0.29) is 10.0 Å². The third-order valence-corrected chi connectivity index (χ3v) is 3.43. The van der Waals surface area contributed by atoms with Crippen LogP contribution in [0.1, 0.15) is 11.1 Å². The Bertz CT molecular complexity index is 635. The number of rotatable bonds is 1. The van der Waals surface area contributed by atoms with Crippen LogP contribution < -0.4 is 5.56 Å². The lowest BCUT2D eigenvalue weighted by Crippen LogP contribution is -2.22. The second-order valence-corrected chi connectivity index (χ2v) is 4.53. The maximum Gasteiger partial charge on any atom is 0.291 e. The molecule has 5 heteroatoms. The fourth-order valence-electron chi connectivity index (χ4n) is 1.55. The number of nitrogens with zero attached hydrogens (tertiary/aromatic N) is 2. The maximum atomic E-state index is 11.9. The average molecular weight is 269 g/mol. The Labute approximate surface area is 109 Å². The molecule has 0 bridgehead atoms. The van der Waals surface area contributed by atoms with Gasteiger partial charge in [-0.2, -0.15) is 9.78 Å². The fourth-order valence-corrected chi connectivity index (χ4v) is 1.80. The molecule has 0 amide bonds. The highest BCUT2D eigenvalue weighted by Crippen LogP contribution is 2.19. The molecule has 0 N–H and O–H groups in total. The van der Waals surface area contributed by atoms with Gasteiger partial charge in [-0.05, 0) is 31.0 Å². The number of aromatic nitrogens is 2. The number of hydrogen-bond donors (Lipinski definition) is 0. The molecule has 0 radical (unpaired) electrons. The largest absolute Gasteiger partial charge is 0.291 e. The monoisotopic (exact) mass is 268 g/mol. The average Bonchev–Trinajstić information content (AvgIpc) is 2.31. The molecule has 1 aromatic carbocycles. The minimum Gasteiger partial charge on any atom is -0.266 e. The van der Waals surface area contributed by atoms with Crippen molar-refractivity contribution in [2.24, 2.45) is 0 Å². The molecule has 2 rings (SSSR count). The maximum absolute atomic E-state index is 11.9. The van der Waals surface area contributed by atoms with Crippen molar-refractivity contribution in [2.45, 2.75) is 13.8 Å². The fraction of sp³-hybridized carbons (Fsp3) is 0.167. The molecular formula is C12H10Cl2N2O. The molecule has 0 atom stereocenters. The third kappa shape index (κ3) is 2.08. The molecular weight excluding hydrogens is 259 g/mol. The van der Waals surface area contributed by atoms with Crippen LogP contribution in [0.5, 0.6) is 0 Å². The summed E-state index contributed by atoms with van der Waals surface area (Å²) in [6, 6.07) is 5.66. The summed E-state index contributed by atoms with van der Waals surface area (Å²) in [5, 5.41) is 4.15. The van der Waals surface area contributed by atoms with Crippen molar-refractivity contribution in [2.75, 3.05) is 0 Å². The van der Waals surface area contributed by atoms with Crippen molar-refractivity contribution < 1.29 is 0 Å². The topological polar surface area (TPSA) is 34.9 Å². The Morgan fingerprint density at radius 1 is 1.24 bits per heavy atom. The summed E-state index contributed by atoms with van der Waals surface area (Å²) in [4.78, 5) is 11.9. The Morgan fingerprint density at radius 3 is 2.65 bits per heavy atom. The van der Waals surface area contributed by atoms with Crippen LogP contribution in [-0.2, 0) is 0 Å². The lowest BCUT2D eigenvalue weighted by atomic mass is 10.1. The molecule has 0 aliphatic rings.